The highest BCUT2D eigenvalue weighted by molar-refractivity contribution is 5.14. The predicted octanol–water partition coefficient (Wildman–Crippen LogP) is 4.03. The van der Waals surface area contributed by atoms with E-state index < -0.39 is 0 Å². The molecule has 2 unspecified atom stereocenters. The van der Waals surface area contributed by atoms with Crippen LogP contribution in [-0.4, -0.2) is 24.8 Å². The van der Waals surface area contributed by atoms with Crippen molar-refractivity contribution in [1.29, 1.82) is 5.26 Å². The Morgan fingerprint density at radius 2 is 2.10 bits per heavy atom. The van der Waals surface area contributed by atoms with Gasteiger partial charge < -0.3 is 4.74 Å². The van der Waals surface area contributed by atoms with E-state index in [4.69, 9.17) is 4.74 Å². The van der Waals surface area contributed by atoms with E-state index in [0.29, 0.717) is 12.0 Å². The number of nitrogens with zero attached hydrogens (tertiary/aromatic N) is 1. The first kappa shape index (κ1) is 17.5. The Labute approximate surface area is 125 Å². The fourth-order valence-electron chi connectivity index (χ4n) is 3.31. The van der Waals surface area contributed by atoms with Gasteiger partial charge in [0.05, 0.1) is 6.07 Å². The fraction of sp³-hybridized carbons (Fsp3) is 0.941. The van der Waals surface area contributed by atoms with Crippen LogP contribution in [0.1, 0.15) is 72.1 Å². The maximum atomic E-state index is 9.58. The molecular weight excluding hydrogens is 248 g/mol. The van der Waals surface area contributed by atoms with Crippen molar-refractivity contribution in [3.8, 4) is 6.07 Å². The van der Waals surface area contributed by atoms with Crippen molar-refractivity contribution in [2.75, 3.05) is 13.2 Å². The van der Waals surface area contributed by atoms with Crippen LogP contribution in [0.3, 0.4) is 0 Å². The summed E-state index contributed by atoms with van der Waals surface area (Å²) in [6, 6.07) is 2.93. The highest BCUT2D eigenvalue weighted by atomic mass is 16.5. The summed E-state index contributed by atoms with van der Waals surface area (Å²) in [5, 5.41) is 13.1. The zero-order chi connectivity index (χ0) is 14.8. The molecule has 1 N–H and O–H groups in total. The van der Waals surface area contributed by atoms with Gasteiger partial charge in [-0.3, -0.25) is 5.32 Å². The first-order valence-corrected chi connectivity index (χ1v) is 8.41. The van der Waals surface area contributed by atoms with Gasteiger partial charge in [0.15, 0.2) is 0 Å². The number of nitrogens with one attached hydrogen (secondary N) is 1. The second-order valence-electron chi connectivity index (χ2n) is 6.43. The maximum absolute atomic E-state index is 9.58. The first-order chi connectivity index (χ1) is 9.64. The minimum atomic E-state index is -0.306. The van der Waals surface area contributed by atoms with E-state index in [0.717, 1.165) is 38.9 Å². The second kappa shape index (κ2) is 9.37. The molecule has 1 aliphatic carbocycles. The van der Waals surface area contributed by atoms with Crippen LogP contribution in [0.25, 0.3) is 0 Å². The summed E-state index contributed by atoms with van der Waals surface area (Å²) in [4.78, 5) is 0. The van der Waals surface area contributed by atoms with Crippen LogP contribution in [-0.2, 0) is 4.74 Å². The molecular formula is C17H32N2O. The zero-order valence-electron chi connectivity index (χ0n) is 13.6. The van der Waals surface area contributed by atoms with Crippen molar-refractivity contribution in [2.45, 2.75) is 83.7 Å². The van der Waals surface area contributed by atoms with Gasteiger partial charge in [-0.05, 0) is 45.4 Å². The maximum Gasteiger partial charge on any atom is 0.109 e. The van der Waals surface area contributed by atoms with Crippen molar-refractivity contribution in [3.05, 3.63) is 0 Å². The minimum Gasteiger partial charge on any atom is -0.381 e. The van der Waals surface area contributed by atoms with Crippen molar-refractivity contribution >= 4 is 0 Å². The Morgan fingerprint density at radius 3 is 2.75 bits per heavy atom. The van der Waals surface area contributed by atoms with Crippen molar-refractivity contribution < 1.29 is 4.74 Å². The third-order valence-corrected chi connectivity index (χ3v) is 4.32. The van der Waals surface area contributed by atoms with E-state index in [1.807, 2.05) is 0 Å². The third kappa shape index (κ3) is 5.42. The molecule has 20 heavy (non-hydrogen) atoms. The van der Waals surface area contributed by atoms with E-state index in [2.05, 4.69) is 32.2 Å². The van der Waals surface area contributed by atoms with Crippen molar-refractivity contribution in [3.63, 3.8) is 0 Å². The Bertz CT molecular complexity index is 298. The smallest absolute Gasteiger partial charge is 0.109 e. The van der Waals surface area contributed by atoms with Gasteiger partial charge in [0, 0.05) is 19.3 Å². The molecule has 3 nitrogen and oxygen atoms in total. The van der Waals surface area contributed by atoms with Crippen LogP contribution in [0.4, 0.5) is 0 Å². The normalized spacial score (nSPS) is 26.1. The van der Waals surface area contributed by atoms with E-state index >= 15 is 0 Å². The molecule has 116 valence electrons. The average Bonchev–Trinajstić information content (AvgIpc) is 2.80. The van der Waals surface area contributed by atoms with Crippen LogP contribution in [0.2, 0.25) is 0 Å². The summed E-state index contributed by atoms with van der Waals surface area (Å²) in [6.45, 7) is 8.16. The molecule has 2 atom stereocenters. The molecule has 0 aliphatic heterocycles. The SMILES string of the molecule is CCCCCCOCCC1CCCC1(C#N)NC(C)C. The molecule has 0 bridgehead atoms. The molecule has 0 radical (unpaired) electrons. The Balaban J connectivity index is 2.26. The summed E-state index contributed by atoms with van der Waals surface area (Å²) < 4.78 is 5.75. The lowest BCUT2D eigenvalue weighted by Crippen LogP contribution is -2.50. The Hall–Kier alpha value is -0.590. The largest absolute Gasteiger partial charge is 0.381 e. The molecule has 0 amide bonds. The van der Waals surface area contributed by atoms with Crippen LogP contribution >= 0.6 is 0 Å². The summed E-state index contributed by atoms with van der Waals surface area (Å²) in [5.74, 6) is 0.450. The lowest BCUT2D eigenvalue weighted by molar-refractivity contribution is 0.107. The van der Waals surface area contributed by atoms with Crippen LogP contribution < -0.4 is 5.32 Å². The topological polar surface area (TPSA) is 45.0 Å². The number of hydrogen-bond acceptors (Lipinski definition) is 3. The van der Waals surface area contributed by atoms with E-state index in [-0.39, 0.29) is 5.54 Å². The molecule has 3 heteroatoms. The zero-order valence-corrected chi connectivity index (χ0v) is 13.6. The third-order valence-electron chi connectivity index (χ3n) is 4.32. The molecule has 0 spiro atoms. The van der Waals surface area contributed by atoms with Crippen molar-refractivity contribution in [1.82, 2.24) is 5.32 Å². The lowest BCUT2D eigenvalue weighted by Gasteiger charge is -2.32. The summed E-state index contributed by atoms with van der Waals surface area (Å²) in [7, 11) is 0. The second-order valence-corrected chi connectivity index (χ2v) is 6.43. The number of hydrogen-bond donors (Lipinski definition) is 1. The monoisotopic (exact) mass is 280 g/mol. The number of ether oxygens (including phenoxy) is 1. The molecule has 1 fully saturated rings. The summed E-state index contributed by atoms with van der Waals surface area (Å²) >= 11 is 0. The minimum absolute atomic E-state index is 0.306. The molecule has 0 saturated heterocycles. The number of unbranched alkanes of at least 4 members (excludes halogenated alkanes) is 3. The van der Waals surface area contributed by atoms with E-state index in [1.54, 1.807) is 0 Å². The van der Waals surface area contributed by atoms with Gasteiger partial charge in [-0.1, -0.05) is 32.6 Å². The van der Waals surface area contributed by atoms with Gasteiger partial charge in [-0.25, -0.2) is 0 Å². The summed E-state index contributed by atoms with van der Waals surface area (Å²) in [6.07, 6.45) is 9.35. The average molecular weight is 280 g/mol. The van der Waals surface area contributed by atoms with Crippen LogP contribution in [0.15, 0.2) is 0 Å². The molecule has 1 aliphatic rings. The molecule has 0 aromatic carbocycles. The molecule has 1 rings (SSSR count). The van der Waals surface area contributed by atoms with Gasteiger partial charge in [0.25, 0.3) is 0 Å². The number of rotatable bonds is 10. The van der Waals surface area contributed by atoms with Crippen LogP contribution in [0, 0.1) is 17.2 Å². The fourth-order valence-corrected chi connectivity index (χ4v) is 3.31. The highest BCUT2D eigenvalue weighted by Gasteiger charge is 2.42. The highest BCUT2D eigenvalue weighted by Crippen LogP contribution is 2.37. The first-order valence-electron chi connectivity index (χ1n) is 8.41. The van der Waals surface area contributed by atoms with Gasteiger partial charge in [0.1, 0.15) is 5.54 Å². The van der Waals surface area contributed by atoms with Crippen molar-refractivity contribution in [2.24, 2.45) is 5.92 Å². The van der Waals surface area contributed by atoms with E-state index in [1.165, 1.54) is 25.7 Å². The molecule has 0 aromatic rings. The van der Waals surface area contributed by atoms with Gasteiger partial charge in [-0.2, -0.15) is 5.26 Å². The molecule has 0 heterocycles. The van der Waals surface area contributed by atoms with Gasteiger partial charge in [0.2, 0.25) is 0 Å². The standard InChI is InChI=1S/C17H32N2O/c1-4-5-6-7-12-20-13-10-16-9-8-11-17(16,14-18)19-15(2)3/h15-16,19H,4-13H2,1-3H3. The summed E-state index contributed by atoms with van der Waals surface area (Å²) in [5.41, 5.74) is -0.306. The number of nitriles is 1. The quantitative estimate of drug-likeness (QED) is 0.614. The Kier molecular flexibility index (Phi) is 8.18. The molecule has 0 aromatic heterocycles. The predicted molar refractivity (Wildman–Crippen MR) is 83.5 cm³/mol. The Morgan fingerprint density at radius 1 is 1.30 bits per heavy atom. The molecule has 1 saturated carbocycles. The van der Waals surface area contributed by atoms with Gasteiger partial charge in [-0.15, -0.1) is 0 Å². The van der Waals surface area contributed by atoms with Gasteiger partial charge >= 0.3 is 0 Å². The van der Waals surface area contributed by atoms with Crippen LogP contribution in [0.5, 0.6) is 0 Å². The van der Waals surface area contributed by atoms with E-state index in [9.17, 15) is 5.26 Å². The lowest BCUT2D eigenvalue weighted by atomic mass is 9.85.